The SMILES string of the molecule is Cc1cc(N2C(=O)[C@@H]3[C@H](C2=O)[C@H]2CC[C@H]3O2)nn1Cc1ccc(F)cc1Cl. The molecule has 2 amide bonds. The summed E-state index contributed by atoms with van der Waals surface area (Å²) in [5.41, 5.74) is 1.49. The van der Waals surface area contributed by atoms with Crippen molar-refractivity contribution in [3.05, 3.63) is 46.4 Å². The highest BCUT2D eigenvalue weighted by Gasteiger charge is 2.63. The summed E-state index contributed by atoms with van der Waals surface area (Å²) < 4.78 is 20.7. The van der Waals surface area contributed by atoms with Crippen LogP contribution in [0.4, 0.5) is 10.2 Å². The number of fused-ring (bicyclic) bond motifs is 5. The Labute approximate surface area is 159 Å². The average Bonchev–Trinajstić information content (AvgIpc) is 3.35. The Balaban J connectivity index is 1.44. The van der Waals surface area contributed by atoms with Crippen LogP contribution in [-0.2, 0) is 20.9 Å². The number of hydrogen-bond donors (Lipinski definition) is 0. The highest BCUT2D eigenvalue weighted by atomic mass is 35.5. The van der Waals surface area contributed by atoms with Gasteiger partial charge in [-0.15, -0.1) is 0 Å². The van der Waals surface area contributed by atoms with E-state index in [0.717, 1.165) is 18.5 Å². The van der Waals surface area contributed by atoms with Gasteiger partial charge < -0.3 is 4.74 Å². The number of nitrogens with zero attached hydrogens (tertiary/aromatic N) is 3. The molecule has 0 saturated carbocycles. The van der Waals surface area contributed by atoms with E-state index >= 15 is 0 Å². The van der Waals surface area contributed by atoms with E-state index in [2.05, 4.69) is 5.10 Å². The van der Waals surface area contributed by atoms with Crippen molar-refractivity contribution in [1.29, 1.82) is 0 Å². The first-order chi connectivity index (χ1) is 12.9. The highest BCUT2D eigenvalue weighted by Crippen LogP contribution is 2.49. The lowest BCUT2D eigenvalue weighted by atomic mass is 9.81. The number of hydrogen-bond acceptors (Lipinski definition) is 4. The third kappa shape index (κ3) is 2.45. The summed E-state index contributed by atoms with van der Waals surface area (Å²) in [4.78, 5) is 26.9. The Morgan fingerprint density at radius 2 is 1.85 bits per heavy atom. The number of benzene rings is 1. The molecule has 4 heterocycles. The van der Waals surface area contributed by atoms with E-state index in [4.69, 9.17) is 16.3 Å². The lowest BCUT2D eigenvalue weighted by Gasteiger charge is -2.15. The van der Waals surface area contributed by atoms with Crippen molar-refractivity contribution in [2.45, 2.75) is 38.5 Å². The van der Waals surface area contributed by atoms with Gasteiger partial charge in [-0.05, 0) is 37.5 Å². The fourth-order valence-corrected chi connectivity index (χ4v) is 4.74. The Kier molecular flexibility index (Phi) is 3.67. The predicted octanol–water partition coefficient (Wildman–Crippen LogP) is 2.70. The van der Waals surface area contributed by atoms with Crippen LogP contribution in [0.2, 0.25) is 5.02 Å². The van der Waals surface area contributed by atoms with Crippen molar-refractivity contribution in [3.8, 4) is 0 Å². The quantitative estimate of drug-likeness (QED) is 0.757. The first kappa shape index (κ1) is 16.9. The summed E-state index contributed by atoms with van der Waals surface area (Å²) in [6.07, 6.45) is 1.36. The molecule has 8 heteroatoms. The van der Waals surface area contributed by atoms with Crippen LogP contribution in [0.5, 0.6) is 0 Å². The topological polar surface area (TPSA) is 64.4 Å². The van der Waals surface area contributed by atoms with Crippen molar-refractivity contribution in [2.24, 2.45) is 11.8 Å². The zero-order chi connectivity index (χ0) is 18.9. The second kappa shape index (κ2) is 5.87. The maximum absolute atomic E-state index is 13.2. The van der Waals surface area contributed by atoms with Gasteiger partial charge in [-0.1, -0.05) is 17.7 Å². The number of aryl methyl sites for hydroxylation is 1. The molecule has 4 atom stereocenters. The van der Waals surface area contributed by atoms with Gasteiger partial charge in [0.25, 0.3) is 0 Å². The van der Waals surface area contributed by atoms with Crippen LogP contribution in [-0.4, -0.2) is 33.8 Å². The molecule has 140 valence electrons. The van der Waals surface area contributed by atoms with Gasteiger partial charge in [-0.25, -0.2) is 9.29 Å². The summed E-state index contributed by atoms with van der Waals surface area (Å²) in [6.45, 7) is 2.16. The van der Waals surface area contributed by atoms with Crippen LogP contribution < -0.4 is 4.90 Å². The second-order valence-corrected chi connectivity index (χ2v) is 7.80. The van der Waals surface area contributed by atoms with Crippen LogP contribution in [0.3, 0.4) is 0 Å². The van der Waals surface area contributed by atoms with Gasteiger partial charge in [0.1, 0.15) is 5.82 Å². The monoisotopic (exact) mass is 389 g/mol. The number of amides is 2. The molecular formula is C19H17ClFN3O3. The molecule has 3 saturated heterocycles. The van der Waals surface area contributed by atoms with E-state index in [9.17, 15) is 14.0 Å². The van der Waals surface area contributed by atoms with E-state index in [1.54, 1.807) is 16.8 Å². The molecule has 3 aliphatic heterocycles. The van der Waals surface area contributed by atoms with Gasteiger partial charge in [-0.2, -0.15) is 5.10 Å². The van der Waals surface area contributed by atoms with Crippen molar-refractivity contribution in [1.82, 2.24) is 9.78 Å². The van der Waals surface area contributed by atoms with Gasteiger partial charge >= 0.3 is 0 Å². The molecule has 0 spiro atoms. The molecule has 3 fully saturated rings. The van der Waals surface area contributed by atoms with E-state index in [1.165, 1.54) is 17.0 Å². The van der Waals surface area contributed by atoms with Crippen LogP contribution in [0.15, 0.2) is 24.3 Å². The molecule has 1 aromatic heterocycles. The fraction of sp³-hybridized carbons (Fsp3) is 0.421. The third-order valence-electron chi connectivity index (χ3n) is 5.82. The number of carbonyl (C=O) groups is 2. The number of halogens is 2. The highest BCUT2D eigenvalue weighted by molar-refractivity contribution is 6.31. The molecular weight excluding hydrogens is 373 g/mol. The van der Waals surface area contributed by atoms with Crippen molar-refractivity contribution in [3.63, 3.8) is 0 Å². The molecule has 1 aromatic carbocycles. The molecule has 27 heavy (non-hydrogen) atoms. The van der Waals surface area contributed by atoms with Crippen molar-refractivity contribution >= 4 is 29.2 Å². The zero-order valence-electron chi connectivity index (χ0n) is 14.6. The summed E-state index contributed by atoms with van der Waals surface area (Å²) in [7, 11) is 0. The van der Waals surface area contributed by atoms with E-state index in [0.29, 0.717) is 22.9 Å². The number of ether oxygens (including phenoxy) is 1. The Morgan fingerprint density at radius 3 is 2.48 bits per heavy atom. The van der Waals surface area contributed by atoms with Crippen LogP contribution in [0.1, 0.15) is 24.1 Å². The molecule has 2 bridgehead atoms. The molecule has 5 rings (SSSR count). The Morgan fingerprint density at radius 1 is 1.19 bits per heavy atom. The third-order valence-corrected chi connectivity index (χ3v) is 6.17. The summed E-state index contributed by atoms with van der Waals surface area (Å²) in [5.74, 6) is -1.28. The minimum Gasteiger partial charge on any atom is -0.373 e. The number of carbonyl (C=O) groups excluding carboxylic acids is 2. The fourth-order valence-electron chi connectivity index (χ4n) is 4.51. The lowest BCUT2D eigenvalue weighted by Crippen LogP contribution is -2.34. The molecule has 6 nitrogen and oxygen atoms in total. The minimum absolute atomic E-state index is 0.150. The Bertz CT molecular complexity index is 947. The molecule has 0 N–H and O–H groups in total. The Hall–Kier alpha value is -2.25. The van der Waals surface area contributed by atoms with E-state index in [1.807, 2.05) is 6.92 Å². The minimum atomic E-state index is -0.404. The maximum Gasteiger partial charge on any atom is 0.241 e. The van der Waals surface area contributed by atoms with Gasteiger partial charge in [0.05, 0.1) is 30.6 Å². The standard InChI is InChI=1S/C19H17ClFN3O3/c1-9-6-15(22-23(9)8-10-2-3-11(21)7-12(10)20)24-18(25)16-13-4-5-14(27-13)17(16)19(24)26/h2-3,6-7,13-14,16-17H,4-5,8H2,1H3/t13-,14-,16-,17+/m1/s1. The number of aromatic nitrogens is 2. The zero-order valence-corrected chi connectivity index (χ0v) is 15.3. The number of rotatable bonds is 3. The molecule has 2 aromatic rings. The van der Waals surface area contributed by atoms with Crippen LogP contribution in [0, 0.1) is 24.6 Å². The lowest BCUT2D eigenvalue weighted by molar-refractivity contribution is -0.124. The van der Waals surface area contributed by atoms with Gasteiger partial charge in [0, 0.05) is 16.8 Å². The molecule has 0 aliphatic carbocycles. The van der Waals surface area contributed by atoms with Crippen molar-refractivity contribution < 1.29 is 18.7 Å². The summed E-state index contributed by atoms with van der Waals surface area (Å²) >= 11 is 6.10. The summed E-state index contributed by atoms with van der Waals surface area (Å²) in [5, 5.41) is 4.77. The number of anilines is 1. The first-order valence-electron chi connectivity index (χ1n) is 8.95. The van der Waals surface area contributed by atoms with Crippen LogP contribution in [0.25, 0.3) is 0 Å². The normalized spacial score (nSPS) is 29.1. The van der Waals surface area contributed by atoms with Gasteiger partial charge in [0.15, 0.2) is 5.82 Å². The van der Waals surface area contributed by atoms with Gasteiger partial charge in [-0.3, -0.25) is 14.3 Å². The molecule has 0 unspecified atom stereocenters. The average molecular weight is 390 g/mol. The van der Waals surface area contributed by atoms with E-state index < -0.39 is 5.82 Å². The van der Waals surface area contributed by atoms with Gasteiger partial charge in [0.2, 0.25) is 11.8 Å². The van der Waals surface area contributed by atoms with E-state index in [-0.39, 0.29) is 35.9 Å². The molecule has 3 aliphatic rings. The largest absolute Gasteiger partial charge is 0.373 e. The summed E-state index contributed by atoms with van der Waals surface area (Å²) in [6, 6.07) is 5.91. The van der Waals surface area contributed by atoms with Crippen molar-refractivity contribution in [2.75, 3.05) is 4.90 Å². The maximum atomic E-state index is 13.2. The van der Waals surface area contributed by atoms with Crippen LogP contribution >= 0.6 is 11.6 Å². The molecule has 0 radical (unpaired) electrons. The second-order valence-electron chi connectivity index (χ2n) is 7.39. The number of imide groups is 1. The smallest absolute Gasteiger partial charge is 0.241 e. The first-order valence-corrected chi connectivity index (χ1v) is 9.33. The predicted molar refractivity (Wildman–Crippen MR) is 94.8 cm³/mol.